The molecule has 0 bridgehead atoms. The number of benzene rings is 1. The van der Waals surface area contributed by atoms with Crippen molar-refractivity contribution in [1.29, 1.82) is 0 Å². The highest BCUT2D eigenvalue weighted by Gasteiger charge is 2.31. The van der Waals surface area contributed by atoms with E-state index < -0.39 is 28.7 Å². The maximum atomic E-state index is 14.2. The van der Waals surface area contributed by atoms with Gasteiger partial charge >= 0.3 is 0 Å². The lowest BCUT2D eigenvalue weighted by Gasteiger charge is -2.33. The second-order valence-corrected chi connectivity index (χ2v) is 7.38. The van der Waals surface area contributed by atoms with Crippen LogP contribution < -0.4 is 5.32 Å². The topological polar surface area (TPSA) is 46.9 Å². The van der Waals surface area contributed by atoms with Gasteiger partial charge in [-0.05, 0) is 41.9 Å². The van der Waals surface area contributed by atoms with E-state index in [0.717, 1.165) is 29.5 Å². The van der Waals surface area contributed by atoms with Crippen LogP contribution in [0.4, 0.5) is 14.5 Å². The van der Waals surface area contributed by atoms with Gasteiger partial charge in [0.1, 0.15) is 11.3 Å². The number of amides is 1. The van der Waals surface area contributed by atoms with Crippen molar-refractivity contribution in [3.63, 3.8) is 0 Å². The first kappa shape index (κ1) is 17.9. The molecule has 1 aliphatic rings. The number of aryl methyl sites for hydroxylation is 1. The summed E-state index contributed by atoms with van der Waals surface area (Å²) in [6, 6.07) is 5.69. The Kier molecular flexibility index (Phi) is 4.58. The van der Waals surface area contributed by atoms with Gasteiger partial charge in [-0.1, -0.05) is 37.6 Å². The molecule has 25 heavy (non-hydrogen) atoms. The average molecular weight is 368 g/mol. The number of aromatic nitrogens is 2. The fourth-order valence-corrected chi connectivity index (χ4v) is 3.67. The number of hydrogen-bond donors (Lipinski definition) is 1. The fourth-order valence-electron chi connectivity index (χ4n) is 3.52. The van der Waals surface area contributed by atoms with E-state index in [1.54, 1.807) is 6.07 Å². The Labute approximate surface area is 150 Å². The zero-order chi connectivity index (χ0) is 18.4. The molecule has 0 aliphatic heterocycles. The Hall–Kier alpha value is -1.95. The van der Waals surface area contributed by atoms with Gasteiger partial charge in [0.15, 0.2) is 0 Å². The van der Waals surface area contributed by atoms with Gasteiger partial charge in [0.05, 0.1) is 0 Å². The zero-order valence-electron chi connectivity index (χ0n) is 14.4. The van der Waals surface area contributed by atoms with E-state index in [-0.39, 0.29) is 5.41 Å². The fraction of sp³-hybridized carbons (Fsp3) is 0.444. The SMILES string of the molecule is Cn1nc(C(F)Cl)c(C(=O)Nc2cccc3c2CCCC3(C)C)c1F. The maximum absolute atomic E-state index is 14.2. The third-order valence-corrected chi connectivity index (χ3v) is 5.03. The molecule has 2 aromatic rings. The van der Waals surface area contributed by atoms with Gasteiger partial charge in [-0.25, -0.2) is 9.07 Å². The van der Waals surface area contributed by atoms with Crippen LogP contribution in [-0.2, 0) is 18.9 Å². The molecule has 1 N–H and O–H groups in total. The predicted octanol–water partition coefficient (Wildman–Crippen LogP) is 4.63. The van der Waals surface area contributed by atoms with Crippen LogP contribution in [-0.4, -0.2) is 15.7 Å². The van der Waals surface area contributed by atoms with E-state index >= 15 is 0 Å². The molecule has 7 heteroatoms. The van der Waals surface area contributed by atoms with E-state index in [1.807, 2.05) is 6.07 Å². The van der Waals surface area contributed by atoms with Gasteiger partial charge < -0.3 is 5.32 Å². The second kappa shape index (κ2) is 6.41. The molecule has 1 aromatic carbocycles. The van der Waals surface area contributed by atoms with Gasteiger partial charge in [0.25, 0.3) is 5.91 Å². The van der Waals surface area contributed by atoms with Crippen LogP contribution in [0, 0.1) is 5.95 Å². The smallest absolute Gasteiger partial charge is 0.262 e. The highest BCUT2D eigenvalue weighted by Crippen LogP contribution is 2.40. The summed E-state index contributed by atoms with van der Waals surface area (Å²) in [6.07, 6.45) is 2.90. The first-order valence-electron chi connectivity index (χ1n) is 8.16. The van der Waals surface area contributed by atoms with Crippen LogP contribution >= 0.6 is 11.6 Å². The minimum absolute atomic E-state index is 0.0131. The number of fused-ring (bicyclic) bond motifs is 1. The van der Waals surface area contributed by atoms with Crippen LogP contribution in [0.3, 0.4) is 0 Å². The Morgan fingerprint density at radius 2 is 2.16 bits per heavy atom. The standard InChI is InChI=1S/C18H20ClF2N3O/c1-18(2)9-5-6-10-11(18)7-4-8-12(10)22-17(25)13-14(15(19)20)23-24(3)16(13)21/h4,7-8,15H,5-6,9H2,1-3H3,(H,22,25). The number of halogens is 3. The molecule has 1 atom stereocenters. The molecule has 0 radical (unpaired) electrons. The van der Waals surface area contributed by atoms with Gasteiger partial charge in [-0.2, -0.15) is 9.49 Å². The summed E-state index contributed by atoms with van der Waals surface area (Å²) in [5.41, 5.74) is -0.0830. The lowest BCUT2D eigenvalue weighted by molar-refractivity contribution is 0.102. The minimum atomic E-state index is -2.06. The van der Waals surface area contributed by atoms with Gasteiger partial charge in [-0.15, -0.1) is 0 Å². The zero-order valence-corrected chi connectivity index (χ0v) is 15.1. The van der Waals surface area contributed by atoms with E-state index in [1.165, 1.54) is 12.6 Å². The molecule has 1 unspecified atom stereocenters. The number of carbonyl (C=O) groups excluding carboxylic acids is 1. The van der Waals surface area contributed by atoms with E-state index in [4.69, 9.17) is 11.6 Å². The van der Waals surface area contributed by atoms with Crippen molar-refractivity contribution < 1.29 is 13.6 Å². The van der Waals surface area contributed by atoms with Crippen molar-refractivity contribution in [2.24, 2.45) is 7.05 Å². The lowest BCUT2D eigenvalue weighted by Crippen LogP contribution is -2.25. The normalized spacial score (nSPS) is 17.0. The van der Waals surface area contributed by atoms with Crippen molar-refractivity contribution in [3.8, 4) is 0 Å². The molecule has 1 aliphatic carbocycles. The van der Waals surface area contributed by atoms with Gasteiger partial charge in [-0.3, -0.25) is 4.79 Å². The number of rotatable bonds is 3. The first-order valence-corrected chi connectivity index (χ1v) is 8.60. The molecular formula is C18H20ClF2N3O. The monoisotopic (exact) mass is 367 g/mol. The molecule has 1 heterocycles. The number of anilines is 1. The van der Waals surface area contributed by atoms with Gasteiger partial charge in [0, 0.05) is 12.7 Å². The van der Waals surface area contributed by atoms with Crippen molar-refractivity contribution >= 4 is 23.2 Å². The summed E-state index contributed by atoms with van der Waals surface area (Å²) in [4.78, 5) is 12.6. The molecular weight excluding hydrogens is 348 g/mol. The largest absolute Gasteiger partial charge is 0.322 e. The summed E-state index contributed by atoms with van der Waals surface area (Å²) < 4.78 is 28.5. The molecule has 134 valence electrons. The molecule has 0 saturated carbocycles. The van der Waals surface area contributed by atoms with Crippen molar-refractivity contribution in [1.82, 2.24) is 9.78 Å². The summed E-state index contributed by atoms with van der Waals surface area (Å²) in [5, 5.41) is 6.37. The Morgan fingerprint density at radius 3 is 2.84 bits per heavy atom. The Morgan fingerprint density at radius 1 is 1.44 bits per heavy atom. The predicted molar refractivity (Wildman–Crippen MR) is 93.2 cm³/mol. The lowest BCUT2D eigenvalue weighted by atomic mass is 9.72. The van der Waals surface area contributed by atoms with Crippen molar-refractivity contribution in [2.45, 2.75) is 44.2 Å². The third-order valence-electron chi connectivity index (χ3n) is 4.82. The number of nitrogens with one attached hydrogen (secondary N) is 1. The van der Waals surface area contributed by atoms with E-state index in [9.17, 15) is 13.6 Å². The molecule has 4 nitrogen and oxygen atoms in total. The maximum Gasteiger partial charge on any atom is 0.262 e. The number of carbonyl (C=O) groups is 1. The van der Waals surface area contributed by atoms with Gasteiger partial charge in [0.2, 0.25) is 11.6 Å². The van der Waals surface area contributed by atoms with Crippen LogP contribution in [0.5, 0.6) is 0 Å². The van der Waals surface area contributed by atoms with Crippen LogP contribution in [0.25, 0.3) is 0 Å². The summed E-state index contributed by atoms with van der Waals surface area (Å²) >= 11 is 5.40. The Balaban J connectivity index is 1.99. The summed E-state index contributed by atoms with van der Waals surface area (Å²) in [7, 11) is 1.29. The Bertz CT molecular complexity index is 830. The quantitative estimate of drug-likeness (QED) is 0.804. The number of nitrogens with zero attached hydrogens (tertiary/aromatic N) is 2. The molecule has 0 saturated heterocycles. The van der Waals surface area contributed by atoms with Crippen LogP contribution in [0.2, 0.25) is 0 Å². The highest BCUT2D eigenvalue weighted by molar-refractivity contribution is 6.20. The third kappa shape index (κ3) is 3.15. The molecule has 1 aromatic heterocycles. The molecule has 3 rings (SSSR count). The average Bonchev–Trinajstić information content (AvgIpc) is 2.84. The number of hydrogen-bond acceptors (Lipinski definition) is 2. The first-order chi connectivity index (χ1) is 11.7. The van der Waals surface area contributed by atoms with Crippen LogP contribution in [0.1, 0.15) is 59.5 Å². The molecule has 0 fully saturated rings. The summed E-state index contributed by atoms with van der Waals surface area (Å²) in [6.45, 7) is 4.33. The van der Waals surface area contributed by atoms with Crippen LogP contribution in [0.15, 0.2) is 18.2 Å². The van der Waals surface area contributed by atoms with Crippen molar-refractivity contribution in [3.05, 3.63) is 46.5 Å². The second-order valence-electron chi connectivity index (χ2n) is 7.00. The van der Waals surface area contributed by atoms with E-state index in [2.05, 4.69) is 30.3 Å². The summed E-state index contributed by atoms with van der Waals surface area (Å²) in [5.74, 6) is -1.67. The van der Waals surface area contributed by atoms with Crippen molar-refractivity contribution in [2.75, 3.05) is 5.32 Å². The highest BCUT2D eigenvalue weighted by atomic mass is 35.5. The molecule has 1 amide bonds. The van der Waals surface area contributed by atoms with E-state index in [0.29, 0.717) is 5.69 Å². The minimum Gasteiger partial charge on any atom is -0.322 e. The molecule has 0 spiro atoms. The number of alkyl halides is 2.